The second-order valence-corrected chi connectivity index (χ2v) is 11.1. The Labute approximate surface area is 227 Å². The quantitative estimate of drug-likeness (QED) is 0.463. The number of aromatic nitrogens is 4. The number of ether oxygens (including phenoxy) is 1. The van der Waals surface area contributed by atoms with E-state index in [1.165, 1.54) is 6.08 Å². The number of rotatable bonds is 6. The number of carbonyl (C=O) groups is 1. The van der Waals surface area contributed by atoms with Gasteiger partial charge < -0.3 is 25.2 Å². The highest BCUT2D eigenvalue weighted by Gasteiger charge is 2.49. The number of fused-ring (bicyclic) bond motifs is 1. The van der Waals surface area contributed by atoms with Crippen molar-refractivity contribution in [1.82, 2.24) is 30.0 Å². The maximum atomic E-state index is 12.1. The fourth-order valence-electron chi connectivity index (χ4n) is 6.34. The van der Waals surface area contributed by atoms with E-state index in [4.69, 9.17) is 20.4 Å². The molecule has 1 unspecified atom stereocenters. The number of likely N-dealkylation sites (N-methyl/N-ethyl adjacent to an activating group) is 1. The summed E-state index contributed by atoms with van der Waals surface area (Å²) in [5.74, 6) is 0.862. The number of H-pyrrole nitrogens is 1. The summed E-state index contributed by atoms with van der Waals surface area (Å²) >= 11 is 0. The molecule has 3 N–H and O–H groups in total. The maximum absolute atomic E-state index is 12.1. The Morgan fingerprint density at radius 1 is 1.33 bits per heavy atom. The molecule has 6 rings (SSSR count). The van der Waals surface area contributed by atoms with Crippen LogP contribution in [-0.4, -0.2) is 88.3 Å². The van der Waals surface area contributed by atoms with E-state index in [2.05, 4.69) is 39.7 Å². The van der Waals surface area contributed by atoms with Crippen LogP contribution in [0.2, 0.25) is 0 Å². The lowest BCUT2D eigenvalue weighted by Crippen LogP contribution is -2.59. The zero-order chi connectivity index (χ0) is 27.3. The van der Waals surface area contributed by atoms with Crippen molar-refractivity contribution in [3.05, 3.63) is 35.9 Å². The molecule has 1 spiro atoms. The highest BCUT2D eigenvalue weighted by atomic mass is 16.5. The summed E-state index contributed by atoms with van der Waals surface area (Å²) in [4.78, 5) is 27.9. The molecule has 0 aliphatic carbocycles. The van der Waals surface area contributed by atoms with Crippen molar-refractivity contribution in [2.75, 3.05) is 57.0 Å². The molecule has 0 bridgehead atoms. The molecular weight excluding hydrogens is 494 g/mol. The highest BCUT2D eigenvalue weighted by Crippen LogP contribution is 2.44. The monoisotopic (exact) mass is 527 g/mol. The SMILES string of the molecule is C=CC(=O)N1CC2(CCN(c3nc(OCC4CCCN4C)nc(-c4c(C)ccc5[nH]nc(N)c45)c3C#N)C2)C1. The van der Waals surface area contributed by atoms with E-state index in [0.717, 1.165) is 54.4 Å². The number of aryl methyl sites for hydroxylation is 1. The van der Waals surface area contributed by atoms with Crippen molar-refractivity contribution in [3.63, 3.8) is 0 Å². The lowest BCUT2D eigenvalue weighted by Gasteiger charge is -2.47. The van der Waals surface area contributed by atoms with Gasteiger partial charge >= 0.3 is 6.01 Å². The van der Waals surface area contributed by atoms with Gasteiger partial charge in [0, 0.05) is 43.2 Å². The van der Waals surface area contributed by atoms with Gasteiger partial charge in [-0.25, -0.2) is 0 Å². The topological polar surface area (TPSA) is 140 Å². The van der Waals surface area contributed by atoms with Crippen LogP contribution in [0.4, 0.5) is 11.6 Å². The van der Waals surface area contributed by atoms with Gasteiger partial charge in [-0.05, 0) is 57.5 Å². The number of benzene rings is 1. The summed E-state index contributed by atoms with van der Waals surface area (Å²) in [7, 11) is 2.10. The molecule has 2 aromatic heterocycles. The Kier molecular flexibility index (Phi) is 6.14. The van der Waals surface area contributed by atoms with Crippen molar-refractivity contribution in [2.24, 2.45) is 5.41 Å². The van der Waals surface area contributed by atoms with E-state index in [1.54, 1.807) is 0 Å². The van der Waals surface area contributed by atoms with Gasteiger partial charge in [0.25, 0.3) is 0 Å². The minimum atomic E-state index is -0.0463. The van der Waals surface area contributed by atoms with Crippen molar-refractivity contribution >= 4 is 28.4 Å². The molecule has 202 valence electrons. The van der Waals surface area contributed by atoms with E-state index in [-0.39, 0.29) is 17.3 Å². The van der Waals surface area contributed by atoms with Gasteiger partial charge in [0.05, 0.1) is 16.6 Å². The average Bonchev–Trinajstić information content (AvgIpc) is 3.64. The van der Waals surface area contributed by atoms with Crippen LogP contribution in [0.15, 0.2) is 24.8 Å². The van der Waals surface area contributed by atoms with E-state index in [0.29, 0.717) is 55.2 Å². The second kappa shape index (κ2) is 9.54. The van der Waals surface area contributed by atoms with Gasteiger partial charge in [0.1, 0.15) is 18.2 Å². The predicted molar refractivity (Wildman–Crippen MR) is 148 cm³/mol. The van der Waals surface area contributed by atoms with Crippen LogP contribution in [0.5, 0.6) is 6.01 Å². The van der Waals surface area contributed by atoms with Crippen LogP contribution in [0, 0.1) is 23.7 Å². The number of nitriles is 1. The number of likely N-dealkylation sites (tertiary alicyclic amines) is 2. The number of nitrogens with zero attached hydrogens (tertiary/aromatic N) is 7. The van der Waals surface area contributed by atoms with Gasteiger partial charge in [0.15, 0.2) is 11.6 Å². The van der Waals surface area contributed by atoms with Crippen LogP contribution >= 0.6 is 0 Å². The molecule has 1 amide bonds. The summed E-state index contributed by atoms with van der Waals surface area (Å²) in [5.41, 5.74) is 9.59. The average molecular weight is 528 g/mol. The number of aromatic amines is 1. The van der Waals surface area contributed by atoms with Gasteiger partial charge in [-0.1, -0.05) is 12.6 Å². The Morgan fingerprint density at radius 3 is 2.87 bits per heavy atom. The van der Waals surface area contributed by atoms with Gasteiger partial charge in [-0.3, -0.25) is 9.89 Å². The lowest BCUT2D eigenvalue weighted by molar-refractivity contribution is -0.136. The maximum Gasteiger partial charge on any atom is 0.319 e. The minimum Gasteiger partial charge on any atom is -0.462 e. The second-order valence-electron chi connectivity index (χ2n) is 11.1. The van der Waals surface area contributed by atoms with Crippen LogP contribution < -0.4 is 15.4 Å². The third-order valence-electron chi connectivity index (χ3n) is 8.54. The third kappa shape index (κ3) is 4.25. The predicted octanol–water partition coefficient (Wildman–Crippen LogP) is 2.48. The first-order valence-corrected chi connectivity index (χ1v) is 13.4. The fourth-order valence-corrected chi connectivity index (χ4v) is 6.34. The molecule has 11 heteroatoms. The van der Waals surface area contributed by atoms with Crippen LogP contribution in [0.25, 0.3) is 22.2 Å². The minimum absolute atomic E-state index is 0.0188. The lowest BCUT2D eigenvalue weighted by atomic mass is 9.79. The number of hydrogen-bond donors (Lipinski definition) is 2. The molecule has 3 aromatic rings. The molecule has 1 atom stereocenters. The standard InChI is InChI=1S/C28H33N9O2/c1-4-21(38)37-15-28(16-37)9-11-36(14-28)26-19(12-29)24(22-17(2)7-8-20-23(22)25(30)34-33-20)31-27(32-26)39-13-18-6-5-10-35(18)3/h4,7-8,18H,1,5-6,9-11,13-16H2,2-3H3,(H3,30,33,34). The number of carbonyl (C=O) groups excluding carboxylic acids is 1. The number of nitrogens with one attached hydrogen (secondary N) is 1. The molecule has 0 radical (unpaired) electrons. The van der Waals surface area contributed by atoms with Gasteiger partial charge in [0.2, 0.25) is 5.91 Å². The normalized spacial score (nSPS) is 20.4. The summed E-state index contributed by atoms with van der Waals surface area (Å²) in [6.07, 6.45) is 4.47. The fraction of sp³-hybridized carbons (Fsp3) is 0.464. The summed E-state index contributed by atoms with van der Waals surface area (Å²) in [6.45, 7) is 9.87. The van der Waals surface area contributed by atoms with Crippen LogP contribution in [-0.2, 0) is 4.79 Å². The number of amides is 1. The molecule has 11 nitrogen and oxygen atoms in total. The molecule has 3 aliphatic heterocycles. The molecule has 39 heavy (non-hydrogen) atoms. The number of nitrogen functional groups attached to an aromatic ring is 1. The van der Waals surface area contributed by atoms with E-state index >= 15 is 0 Å². The molecule has 1 aromatic carbocycles. The van der Waals surface area contributed by atoms with Gasteiger partial charge in [-0.15, -0.1) is 0 Å². The molecule has 0 saturated carbocycles. The van der Waals surface area contributed by atoms with E-state index in [1.807, 2.05) is 24.0 Å². The van der Waals surface area contributed by atoms with Crippen molar-refractivity contribution < 1.29 is 9.53 Å². The first kappa shape index (κ1) is 25.1. The first-order valence-electron chi connectivity index (χ1n) is 13.4. The van der Waals surface area contributed by atoms with Crippen molar-refractivity contribution in [3.8, 4) is 23.3 Å². The molecule has 5 heterocycles. The Morgan fingerprint density at radius 2 is 2.15 bits per heavy atom. The largest absolute Gasteiger partial charge is 0.462 e. The van der Waals surface area contributed by atoms with Crippen LogP contribution in [0.3, 0.4) is 0 Å². The summed E-state index contributed by atoms with van der Waals surface area (Å²) in [5, 5.41) is 18.4. The Balaban J connectivity index is 1.42. The van der Waals surface area contributed by atoms with Gasteiger partial charge in [-0.2, -0.15) is 20.3 Å². The van der Waals surface area contributed by atoms with Crippen LogP contribution in [0.1, 0.15) is 30.4 Å². The third-order valence-corrected chi connectivity index (χ3v) is 8.54. The number of hydrogen-bond acceptors (Lipinski definition) is 9. The zero-order valence-corrected chi connectivity index (χ0v) is 22.4. The zero-order valence-electron chi connectivity index (χ0n) is 22.4. The Bertz CT molecular complexity index is 1500. The highest BCUT2D eigenvalue weighted by molar-refractivity contribution is 6.03. The molecule has 3 aliphatic rings. The molecular formula is C28H33N9O2. The summed E-state index contributed by atoms with van der Waals surface area (Å²) in [6, 6.07) is 6.83. The Hall–Kier alpha value is -4.17. The van der Waals surface area contributed by atoms with E-state index < -0.39 is 0 Å². The molecule has 3 fully saturated rings. The van der Waals surface area contributed by atoms with E-state index in [9.17, 15) is 10.1 Å². The smallest absolute Gasteiger partial charge is 0.319 e. The summed E-state index contributed by atoms with van der Waals surface area (Å²) < 4.78 is 6.22. The number of nitrogens with two attached hydrogens (primary N) is 1. The van der Waals surface area contributed by atoms with Crippen molar-refractivity contribution in [1.29, 1.82) is 5.26 Å². The van der Waals surface area contributed by atoms with Crippen molar-refractivity contribution in [2.45, 2.75) is 32.2 Å². The number of anilines is 2. The first-order chi connectivity index (χ1) is 18.8. The molecule has 3 saturated heterocycles.